The van der Waals surface area contributed by atoms with E-state index < -0.39 is 0 Å². The van der Waals surface area contributed by atoms with E-state index in [0.717, 1.165) is 31.9 Å². The molecule has 4 nitrogen and oxygen atoms in total. The summed E-state index contributed by atoms with van der Waals surface area (Å²) in [5.74, 6) is 0.523. The highest BCUT2D eigenvalue weighted by molar-refractivity contribution is 7.09. The Bertz CT molecular complexity index is 374. The predicted molar refractivity (Wildman–Crippen MR) is 81.9 cm³/mol. The van der Waals surface area contributed by atoms with Crippen LogP contribution in [0.4, 0.5) is 0 Å². The lowest BCUT2D eigenvalue weighted by molar-refractivity contribution is 0.120. The molecule has 1 fully saturated rings. The van der Waals surface area contributed by atoms with Crippen LogP contribution in [0.25, 0.3) is 0 Å². The molecule has 1 saturated heterocycles. The Labute approximate surface area is 125 Å². The standard InChI is InChI=1S/C13H23ClN4S/c1-16(2)3-4-17-5-7-18(8-6-17)10-13-15-12(9-14)11-19-13/h11H,3-10H2,1-2H3. The summed E-state index contributed by atoms with van der Waals surface area (Å²) in [5.41, 5.74) is 1.01. The number of hydrogen-bond acceptors (Lipinski definition) is 5. The lowest BCUT2D eigenvalue weighted by atomic mass is 10.3. The predicted octanol–water partition coefficient (Wildman–Crippen LogP) is 1.56. The van der Waals surface area contributed by atoms with Crippen molar-refractivity contribution in [3.05, 3.63) is 16.1 Å². The summed E-state index contributed by atoms with van der Waals surface area (Å²) < 4.78 is 0. The molecule has 0 saturated carbocycles. The Morgan fingerprint density at radius 3 is 2.53 bits per heavy atom. The maximum atomic E-state index is 5.78. The first-order valence-corrected chi connectivity index (χ1v) is 8.17. The molecule has 1 aliphatic rings. The van der Waals surface area contributed by atoms with Crippen molar-refractivity contribution < 1.29 is 0 Å². The molecule has 108 valence electrons. The van der Waals surface area contributed by atoms with E-state index in [4.69, 9.17) is 11.6 Å². The molecule has 0 aliphatic carbocycles. The van der Waals surface area contributed by atoms with Crippen molar-refractivity contribution in [2.75, 3.05) is 53.4 Å². The number of halogens is 1. The minimum atomic E-state index is 0.523. The number of hydrogen-bond donors (Lipinski definition) is 0. The van der Waals surface area contributed by atoms with Crippen LogP contribution in [-0.2, 0) is 12.4 Å². The number of thiazole rings is 1. The van der Waals surface area contributed by atoms with Crippen molar-refractivity contribution in [2.45, 2.75) is 12.4 Å². The van der Waals surface area contributed by atoms with E-state index in [-0.39, 0.29) is 0 Å². The van der Waals surface area contributed by atoms with Crippen LogP contribution in [0.15, 0.2) is 5.38 Å². The lowest BCUT2D eigenvalue weighted by Crippen LogP contribution is -2.47. The van der Waals surface area contributed by atoms with E-state index in [9.17, 15) is 0 Å². The molecule has 1 aromatic heterocycles. The molecule has 0 aromatic carbocycles. The monoisotopic (exact) mass is 302 g/mol. The summed E-state index contributed by atoms with van der Waals surface area (Å²) in [6, 6.07) is 0. The topological polar surface area (TPSA) is 22.6 Å². The lowest BCUT2D eigenvalue weighted by Gasteiger charge is -2.34. The minimum absolute atomic E-state index is 0.523. The molecular weight excluding hydrogens is 280 g/mol. The number of piperazine rings is 1. The third-order valence-corrected chi connectivity index (χ3v) is 4.58. The fourth-order valence-electron chi connectivity index (χ4n) is 2.19. The van der Waals surface area contributed by atoms with Crippen molar-refractivity contribution in [3.8, 4) is 0 Å². The Morgan fingerprint density at radius 2 is 1.95 bits per heavy atom. The van der Waals surface area contributed by atoms with Gasteiger partial charge >= 0.3 is 0 Å². The van der Waals surface area contributed by atoms with E-state index in [1.165, 1.54) is 24.6 Å². The highest BCUT2D eigenvalue weighted by Gasteiger charge is 2.17. The molecule has 0 atom stereocenters. The zero-order valence-electron chi connectivity index (χ0n) is 11.8. The molecule has 1 aliphatic heterocycles. The highest BCUT2D eigenvalue weighted by Crippen LogP contribution is 2.15. The van der Waals surface area contributed by atoms with Gasteiger partial charge in [-0.15, -0.1) is 22.9 Å². The number of aromatic nitrogens is 1. The minimum Gasteiger partial charge on any atom is -0.308 e. The maximum absolute atomic E-state index is 5.78. The largest absolute Gasteiger partial charge is 0.308 e. The van der Waals surface area contributed by atoms with Gasteiger partial charge < -0.3 is 4.90 Å². The molecule has 0 unspecified atom stereocenters. The first kappa shape index (κ1) is 15.2. The Hall–Kier alpha value is -0.200. The normalized spacial score (nSPS) is 18.3. The van der Waals surface area contributed by atoms with Crippen LogP contribution < -0.4 is 0 Å². The van der Waals surface area contributed by atoms with Gasteiger partial charge in [0.1, 0.15) is 5.01 Å². The van der Waals surface area contributed by atoms with Crippen LogP contribution in [0, 0.1) is 0 Å². The molecule has 0 amide bonds. The van der Waals surface area contributed by atoms with Crippen molar-refractivity contribution in [1.29, 1.82) is 0 Å². The summed E-state index contributed by atoms with van der Waals surface area (Å²) in [4.78, 5) is 11.8. The van der Waals surface area contributed by atoms with Crippen LogP contribution in [0.5, 0.6) is 0 Å². The van der Waals surface area contributed by atoms with Gasteiger partial charge in [0.25, 0.3) is 0 Å². The van der Waals surface area contributed by atoms with Gasteiger partial charge in [-0.05, 0) is 14.1 Å². The Balaban J connectivity index is 1.71. The molecule has 6 heteroatoms. The molecule has 2 heterocycles. The number of rotatable bonds is 6. The molecule has 0 bridgehead atoms. The van der Waals surface area contributed by atoms with Crippen LogP contribution >= 0.6 is 22.9 Å². The van der Waals surface area contributed by atoms with Crippen LogP contribution in [-0.4, -0.2) is 73.0 Å². The van der Waals surface area contributed by atoms with Gasteiger partial charge in [-0.2, -0.15) is 0 Å². The second-order valence-corrected chi connectivity index (χ2v) is 6.50. The Kier molecular flexibility index (Phi) is 6.04. The summed E-state index contributed by atoms with van der Waals surface area (Å²) >= 11 is 7.51. The quantitative estimate of drug-likeness (QED) is 0.744. The van der Waals surface area contributed by atoms with Gasteiger partial charge in [-0.3, -0.25) is 9.80 Å². The smallest absolute Gasteiger partial charge is 0.107 e. The molecule has 19 heavy (non-hydrogen) atoms. The molecule has 0 N–H and O–H groups in total. The van der Waals surface area contributed by atoms with E-state index in [1.54, 1.807) is 11.3 Å². The van der Waals surface area contributed by atoms with Crippen molar-refractivity contribution in [1.82, 2.24) is 19.7 Å². The number of likely N-dealkylation sites (N-methyl/N-ethyl adjacent to an activating group) is 1. The molecule has 0 radical (unpaired) electrons. The van der Waals surface area contributed by atoms with Gasteiger partial charge in [0, 0.05) is 44.6 Å². The van der Waals surface area contributed by atoms with Crippen molar-refractivity contribution in [3.63, 3.8) is 0 Å². The van der Waals surface area contributed by atoms with Crippen molar-refractivity contribution >= 4 is 22.9 Å². The van der Waals surface area contributed by atoms with Crippen LogP contribution in [0.1, 0.15) is 10.7 Å². The summed E-state index contributed by atoms with van der Waals surface area (Å²) in [5, 5.41) is 3.26. The third-order valence-electron chi connectivity index (χ3n) is 3.42. The van der Waals surface area contributed by atoms with E-state index in [0.29, 0.717) is 5.88 Å². The molecule has 2 rings (SSSR count). The Morgan fingerprint density at radius 1 is 1.26 bits per heavy atom. The summed E-state index contributed by atoms with van der Waals surface area (Å²) in [6.45, 7) is 7.92. The van der Waals surface area contributed by atoms with Gasteiger partial charge in [-0.1, -0.05) is 0 Å². The van der Waals surface area contributed by atoms with E-state index >= 15 is 0 Å². The fourth-order valence-corrected chi connectivity index (χ4v) is 3.25. The average Bonchev–Trinajstić information content (AvgIpc) is 2.85. The molecule has 0 spiro atoms. The van der Waals surface area contributed by atoms with E-state index in [1.807, 2.05) is 0 Å². The summed E-state index contributed by atoms with van der Waals surface area (Å²) in [6.07, 6.45) is 0. The zero-order valence-corrected chi connectivity index (χ0v) is 13.4. The SMILES string of the molecule is CN(C)CCN1CCN(Cc2nc(CCl)cs2)CC1. The molecule has 1 aromatic rings. The van der Waals surface area contributed by atoms with Crippen LogP contribution in [0.3, 0.4) is 0 Å². The highest BCUT2D eigenvalue weighted by atomic mass is 35.5. The van der Waals surface area contributed by atoms with E-state index in [2.05, 4.69) is 39.2 Å². The second-order valence-electron chi connectivity index (χ2n) is 5.29. The average molecular weight is 303 g/mol. The zero-order chi connectivity index (χ0) is 13.7. The number of nitrogens with zero attached hydrogens (tertiary/aromatic N) is 4. The van der Waals surface area contributed by atoms with Gasteiger partial charge in [-0.25, -0.2) is 4.98 Å². The number of alkyl halides is 1. The summed E-state index contributed by atoms with van der Waals surface area (Å²) in [7, 11) is 4.26. The van der Waals surface area contributed by atoms with Crippen LogP contribution in [0.2, 0.25) is 0 Å². The van der Waals surface area contributed by atoms with Gasteiger partial charge in [0.2, 0.25) is 0 Å². The van der Waals surface area contributed by atoms with Gasteiger partial charge in [0.05, 0.1) is 18.1 Å². The van der Waals surface area contributed by atoms with Gasteiger partial charge in [0.15, 0.2) is 0 Å². The first-order chi connectivity index (χ1) is 9.17. The van der Waals surface area contributed by atoms with Crippen molar-refractivity contribution in [2.24, 2.45) is 0 Å². The molecular formula is C13H23ClN4S. The fraction of sp³-hybridized carbons (Fsp3) is 0.769. The first-order valence-electron chi connectivity index (χ1n) is 6.76. The maximum Gasteiger partial charge on any atom is 0.107 e. The second kappa shape index (κ2) is 7.55. The third kappa shape index (κ3) is 5.00.